The molecule has 1 aliphatic rings. The van der Waals surface area contributed by atoms with Crippen LogP contribution in [-0.2, 0) is 14.4 Å². The molecule has 114 valence electrons. The average molecular weight is 284 g/mol. The maximum Gasteiger partial charge on any atom is 0.308 e. The molecular formula is C14H24N2O4. The van der Waals surface area contributed by atoms with Gasteiger partial charge in [0.1, 0.15) is 0 Å². The predicted molar refractivity (Wildman–Crippen MR) is 74.1 cm³/mol. The van der Waals surface area contributed by atoms with Crippen LogP contribution < -0.4 is 10.6 Å². The van der Waals surface area contributed by atoms with Crippen LogP contribution in [0.3, 0.4) is 0 Å². The van der Waals surface area contributed by atoms with Gasteiger partial charge in [0, 0.05) is 25.9 Å². The van der Waals surface area contributed by atoms with Gasteiger partial charge < -0.3 is 15.7 Å². The minimum absolute atomic E-state index is 0.0383. The van der Waals surface area contributed by atoms with Crippen LogP contribution in [0.2, 0.25) is 0 Å². The second-order valence-corrected chi connectivity index (χ2v) is 5.34. The zero-order valence-electron chi connectivity index (χ0n) is 12.0. The minimum Gasteiger partial charge on any atom is -0.481 e. The molecule has 6 heteroatoms. The van der Waals surface area contributed by atoms with Gasteiger partial charge >= 0.3 is 5.97 Å². The van der Waals surface area contributed by atoms with Gasteiger partial charge in [0.25, 0.3) is 0 Å². The van der Waals surface area contributed by atoms with Crippen molar-refractivity contribution in [1.29, 1.82) is 0 Å². The molecule has 20 heavy (non-hydrogen) atoms. The van der Waals surface area contributed by atoms with Crippen LogP contribution in [0.4, 0.5) is 0 Å². The van der Waals surface area contributed by atoms with E-state index in [4.69, 9.17) is 5.11 Å². The van der Waals surface area contributed by atoms with Gasteiger partial charge in [-0.3, -0.25) is 14.4 Å². The van der Waals surface area contributed by atoms with Crippen molar-refractivity contribution in [3.8, 4) is 0 Å². The standard InChI is InChI=1S/C14H24N2O4/c1-10(17)15-9-4-2-3-8-13(18)16-12-7-5-6-11(12)14(19)20/h11-12H,2-9H2,1H3,(H,15,17)(H,16,18)(H,19,20). The van der Waals surface area contributed by atoms with Gasteiger partial charge in [0.2, 0.25) is 11.8 Å². The molecule has 0 aromatic heterocycles. The second kappa shape index (κ2) is 8.55. The summed E-state index contributed by atoms with van der Waals surface area (Å²) in [6.45, 7) is 2.12. The summed E-state index contributed by atoms with van der Waals surface area (Å²) in [4.78, 5) is 33.4. The van der Waals surface area contributed by atoms with Crippen molar-refractivity contribution in [1.82, 2.24) is 10.6 Å². The van der Waals surface area contributed by atoms with E-state index in [2.05, 4.69) is 10.6 Å². The smallest absolute Gasteiger partial charge is 0.308 e. The number of hydrogen-bond acceptors (Lipinski definition) is 3. The Bertz CT molecular complexity index is 357. The molecule has 0 aromatic carbocycles. The molecule has 0 spiro atoms. The number of hydrogen-bond donors (Lipinski definition) is 3. The maximum absolute atomic E-state index is 11.7. The van der Waals surface area contributed by atoms with Gasteiger partial charge in [-0.25, -0.2) is 0 Å². The number of nitrogens with one attached hydrogen (secondary N) is 2. The lowest BCUT2D eigenvalue weighted by Gasteiger charge is -2.17. The first-order valence-electron chi connectivity index (χ1n) is 7.27. The molecule has 1 fully saturated rings. The van der Waals surface area contributed by atoms with Gasteiger partial charge in [-0.2, -0.15) is 0 Å². The second-order valence-electron chi connectivity index (χ2n) is 5.34. The van der Waals surface area contributed by atoms with Crippen LogP contribution in [-0.4, -0.2) is 35.5 Å². The van der Waals surface area contributed by atoms with Gasteiger partial charge in [0.05, 0.1) is 5.92 Å². The molecule has 0 aliphatic heterocycles. The third-order valence-electron chi connectivity index (χ3n) is 3.63. The molecule has 1 saturated carbocycles. The fourth-order valence-corrected chi connectivity index (χ4v) is 2.56. The highest BCUT2D eigenvalue weighted by Crippen LogP contribution is 2.25. The fourth-order valence-electron chi connectivity index (χ4n) is 2.56. The Morgan fingerprint density at radius 3 is 2.55 bits per heavy atom. The highest BCUT2D eigenvalue weighted by Gasteiger charge is 2.33. The van der Waals surface area contributed by atoms with E-state index in [-0.39, 0.29) is 17.9 Å². The molecule has 2 atom stereocenters. The van der Waals surface area contributed by atoms with Gasteiger partial charge in [0.15, 0.2) is 0 Å². The lowest BCUT2D eigenvalue weighted by atomic mass is 10.0. The van der Waals surface area contributed by atoms with Crippen molar-refractivity contribution >= 4 is 17.8 Å². The SMILES string of the molecule is CC(=O)NCCCCCC(=O)NC1CCCC1C(=O)O. The average Bonchev–Trinajstić information content (AvgIpc) is 2.81. The minimum atomic E-state index is -0.817. The number of rotatable bonds is 8. The summed E-state index contributed by atoms with van der Waals surface area (Å²) in [7, 11) is 0. The Morgan fingerprint density at radius 1 is 1.15 bits per heavy atom. The van der Waals surface area contributed by atoms with E-state index in [9.17, 15) is 14.4 Å². The van der Waals surface area contributed by atoms with Crippen LogP contribution in [0.1, 0.15) is 51.9 Å². The van der Waals surface area contributed by atoms with Crippen LogP contribution in [0.5, 0.6) is 0 Å². The van der Waals surface area contributed by atoms with Crippen LogP contribution >= 0.6 is 0 Å². The third kappa shape index (κ3) is 6.04. The summed E-state index contributed by atoms with van der Waals surface area (Å²) in [5.74, 6) is -1.35. The number of carboxylic acid groups (broad SMARTS) is 1. The van der Waals surface area contributed by atoms with Crippen molar-refractivity contribution in [2.45, 2.75) is 57.9 Å². The number of carbonyl (C=O) groups excluding carboxylic acids is 2. The molecule has 2 amide bonds. The topological polar surface area (TPSA) is 95.5 Å². The lowest BCUT2D eigenvalue weighted by molar-refractivity contribution is -0.142. The molecule has 6 nitrogen and oxygen atoms in total. The largest absolute Gasteiger partial charge is 0.481 e. The van der Waals surface area contributed by atoms with Gasteiger partial charge in [-0.05, 0) is 25.7 Å². The van der Waals surface area contributed by atoms with Crippen molar-refractivity contribution in [2.75, 3.05) is 6.54 Å². The van der Waals surface area contributed by atoms with E-state index in [0.717, 1.165) is 32.1 Å². The van der Waals surface area contributed by atoms with E-state index in [1.54, 1.807) is 0 Å². The van der Waals surface area contributed by atoms with E-state index < -0.39 is 11.9 Å². The first-order valence-corrected chi connectivity index (χ1v) is 7.27. The zero-order valence-corrected chi connectivity index (χ0v) is 12.0. The van der Waals surface area contributed by atoms with E-state index in [1.165, 1.54) is 6.92 Å². The number of unbranched alkanes of at least 4 members (excludes halogenated alkanes) is 2. The first-order chi connectivity index (χ1) is 9.50. The molecule has 0 heterocycles. The fraction of sp³-hybridized carbons (Fsp3) is 0.786. The summed E-state index contributed by atoms with van der Waals surface area (Å²) in [6.07, 6.45) is 5.18. The van der Waals surface area contributed by atoms with Crippen LogP contribution in [0, 0.1) is 5.92 Å². The third-order valence-corrected chi connectivity index (χ3v) is 3.63. The highest BCUT2D eigenvalue weighted by atomic mass is 16.4. The number of amides is 2. The Hall–Kier alpha value is -1.59. The Labute approximate surface area is 119 Å². The Balaban J connectivity index is 2.11. The summed E-state index contributed by atoms with van der Waals surface area (Å²) < 4.78 is 0. The predicted octanol–water partition coefficient (Wildman–Crippen LogP) is 1.05. The molecule has 0 saturated heterocycles. The van der Waals surface area contributed by atoms with Crippen molar-refractivity contribution in [3.05, 3.63) is 0 Å². The number of aliphatic carboxylic acids is 1. The van der Waals surface area contributed by atoms with Crippen molar-refractivity contribution in [2.24, 2.45) is 5.92 Å². The Morgan fingerprint density at radius 2 is 1.90 bits per heavy atom. The highest BCUT2D eigenvalue weighted by molar-refractivity contribution is 5.78. The lowest BCUT2D eigenvalue weighted by Crippen LogP contribution is -2.40. The Kier molecular flexibility index (Phi) is 7.04. The zero-order chi connectivity index (χ0) is 15.0. The van der Waals surface area contributed by atoms with Gasteiger partial charge in [-0.15, -0.1) is 0 Å². The molecule has 0 aromatic rings. The van der Waals surface area contributed by atoms with Crippen molar-refractivity contribution < 1.29 is 19.5 Å². The van der Waals surface area contributed by atoms with E-state index in [1.807, 2.05) is 0 Å². The molecule has 1 aliphatic carbocycles. The number of carbonyl (C=O) groups is 3. The van der Waals surface area contributed by atoms with Crippen LogP contribution in [0.15, 0.2) is 0 Å². The quantitative estimate of drug-likeness (QED) is 0.581. The van der Waals surface area contributed by atoms with E-state index in [0.29, 0.717) is 19.4 Å². The first kappa shape index (κ1) is 16.5. The molecule has 2 unspecified atom stereocenters. The maximum atomic E-state index is 11.7. The van der Waals surface area contributed by atoms with Crippen LogP contribution in [0.25, 0.3) is 0 Å². The number of carboxylic acids is 1. The summed E-state index contributed by atoms with van der Waals surface area (Å²) in [5, 5.41) is 14.6. The summed E-state index contributed by atoms with van der Waals surface area (Å²) >= 11 is 0. The van der Waals surface area contributed by atoms with Crippen molar-refractivity contribution in [3.63, 3.8) is 0 Å². The molecule has 0 bridgehead atoms. The molecule has 3 N–H and O–H groups in total. The molecule has 0 radical (unpaired) electrons. The van der Waals surface area contributed by atoms with Gasteiger partial charge in [-0.1, -0.05) is 12.8 Å². The molecule has 1 rings (SSSR count). The normalized spacial score (nSPS) is 21.4. The summed E-state index contributed by atoms with van der Waals surface area (Å²) in [6, 6.07) is -0.209. The van der Waals surface area contributed by atoms with E-state index >= 15 is 0 Å². The monoisotopic (exact) mass is 284 g/mol. The molecular weight excluding hydrogens is 260 g/mol. The summed E-state index contributed by atoms with van der Waals surface area (Å²) in [5.41, 5.74) is 0.